The zero-order valence-corrected chi connectivity index (χ0v) is 18.9. The molecule has 0 saturated heterocycles. The number of carbonyl (C=O) groups is 1. The second kappa shape index (κ2) is 9.95. The molecule has 1 atom stereocenters. The number of guanidine groups is 1. The molecule has 0 fully saturated rings. The lowest BCUT2D eigenvalue weighted by Crippen LogP contribution is -2.36. The fourth-order valence-corrected chi connectivity index (χ4v) is 3.74. The van der Waals surface area contributed by atoms with E-state index in [1.165, 1.54) is 18.0 Å². The van der Waals surface area contributed by atoms with Gasteiger partial charge in [0.1, 0.15) is 0 Å². The highest BCUT2D eigenvalue weighted by Gasteiger charge is 2.23. The topological polar surface area (TPSA) is 108 Å². The van der Waals surface area contributed by atoms with Gasteiger partial charge in [0.15, 0.2) is 5.82 Å². The minimum atomic E-state index is -0.361. The minimum absolute atomic E-state index is 0.279. The monoisotopic (exact) mass is 452 g/mol. The van der Waals surface area contributed by atoms with Crippen LogP contribution in [0.25, 0.3) is 5.57 Å². The molecule has 166 valence electrons. The normalized spacial score (nSPS) is 19.3. The Balaban J connectivity index is 1.47. The first-order valence-electron chi connectivity index (χ1n) is 10.6. The fourth-order valence-electron chi connectivity index (χ4n) is 3.54. The summed E-state index contributed by atoms with van der Waals surface area (Å²) in [6, 6.07) is 1.56. The van der Waals surface area contributed by atoms with Gasteiger partial charge in [0.2, 0.25) is 5.96 Å². The second-order valence-corrected chi connectivity index (χ2v) is 8.43. The lowest BCUT2D eigenvalue weighted by atomic mass is 9.99. The van der Waals surface area contributed by atoms with Gasteiger partial charge in [-0.2, -0.15) is 5.11 Å². The summed E-state index contributed by atoms with van der Waals surface area (Å²) >= 11 is 6.04. The van der Waals surface area contributed by atoms with Gasteiger partial charge >= 0.3 is 0 Å². The van der Waals surface area contributed by atoms with Crippen molar-refractivity contribution in [1.29, 1.82) is 0 Å². The average Bonchev–Trinajstić information content (AvgIpc) is 2.78. The van der Waals surface area contributed by atoms with E-state index >= 15 is 0 Å². The van der Waals surface area contributed by atoms with Crippen molar-refractivity contribution in [3.8, 4) is 0 Å². The molecule has 9 nitrogen and oxygen atoms in total. The molecule has 4 heterocycles. The SMILES string of the molecule is CC1=C(c2cnc(NC(=O)c3ccncc3Cl)cn2)CN(C2=NC[C@@H](C)CCN=N2)CC1. The van der Waals surface area contributed by atoms with Gasteiger partial charge < -0.3 is 10.2 Å². The standard InChI is InChI=1S/C22H25ClN8O/c1-14-3-7-28-30-22(27-9-14)31-8-5-15(2)17(13-31)19-11-26-20(12-25-19)29-21(32)16-4-6-24-10-18(16)23/h4,6,10-12,14H,3,5,7-9,13H2,1-2H3,(H,26,29,32)/t14-/m0/s1. The molecule has 0 aromatic carbocycles. The van der Waals surface area contributed by atoms with Gasteiger partial charge in [0, 0.05) is 32.0 Å². The number of rotatable bonds is 3. The zero-order valence-electron chi connectivity index (χ0n) is 18.1. The Morgan fingerprint density at radius 3 is 2.91 bits per heavy atom. The Labute approximate surface area is 191 Å². The van der Waals surface area contributed by atoms with Gasteiger partial charge in [-0.05, 0) is 37.3 Å². The third kappa shape index (κ3) is 5.16. The predicted molar refractivity (Wildman–Crippen MR) is 124 cm³/mol. The Morgan fingerprint density at radius 1 is 1.25 bits per heavy atom. The van der Waals surface area contributed by atoms with E-state index < -0.39 is 0 Å². The zero-order chi connectivity index (χ0) is 22.5. The number of pyridine rings is 1. The highest BCUT2D eigenvalue weighted by Crippen LogP contribution is 2.26. The van der Waals surface area contributed by atoms with Crippen LogP contribution in [0.5, 0.6) is 0 Å². The van der Waals surface area contributed by atoms with E-state index in [9.17, 15) is 4.79 Å². The average molecular weight is 453 g/mol. The summed E-state index contributed by atoms with van der Waals surface area (Å²) in [7, 11) is 0. The number of anilines is 1. The molecule has 2 aromatic rings. The molecule has 0 aliphatic carbocycles. The maximum absolute atomic E-state index is 12.4. The van der Waals surface area contributed by atoms with Gasteiger partial charge in [-0.3, -0.25) is 14.8 Å². The van der Waals surface area contributed by atoms with Gasteiger partial charge in [-0.15, -0.1) is 5.11 Å². The number of nitrogens with zero attached hydrogens (tertiary/aromatic N) is 7. The summed E-state index contributed by atoms with van der Waals surface area (Å²) in [5, 5.41) is 11.6. The summed E-state index contributed by atoms with van der Waals surface area (Å²) in [4.78, 5) is 32.1. The summed E-state index contributed by atoms with van der Waals surface area (Å²) in [5.74, 6) is 1.18. The number of halogens is 1. The maximum atomic E-state index is 12.4. The molecule has 0 unspecified atom stereocenters. The molecule has 10 heteroatoms. The van der Waals surface area contributed by atoms with Crippen molar-refractivity contribution in [3.05, 3.63) is 52.7 Å². The Bertz CT molecular complexity index is 1080. The van der Waals surface area contributed by atoms with Crippen LogP contribution >= 0.6 is 11.6 Å². The van der Waals surface area contributed by atoms with E-state index in [1.54, 1.807) is 18.5 Å². The number of nitrogens with one attached hydrogen (secondary N) is 1. The van der Waals surface area contributed by atoms with Crippen LogP contribution in [0, 0.1) is 5.92 Å². The minimum Gasteiger partial charge on any atom is -0.335 e. The summed E-state index contributed by atoms with van der Waals surface area (Å²) < 4.78 is 0. The van der Waals surface area contributed by atoms with Gasteiger partial charge in [0.05, 0.1) is 35.2 Å². The number of amides is 1. The van der Waals surface area contributed by atoms with Gasteiger partial charge in [-0.25, -0.2) is 9.98 Å². The van der Waals surface area contributed by atoms with Crippen LogP contribution in [0.1, 0.15) is 42.7 Å². The van der Waals surface area contributed by atoms with Crippen LogP contribution in [-0.2, 0) is 0 Å². The molecular weight excluding hydrogens is 428 g/mol. The number of carbonyl (C=O) groups excluding carboxylic acids is 1. The molecule has 32 heavy (non-hydrogen) atoms. The van der Waals surface area contributed by atoms with Crippen LogP contribution in [0.15, 0.2) is 51.6 Å². The van der Waals surface area contributed by atoms with E-state index in [0.717, 1.165) is 43.7 Å². The van der Waals surface area contributed by atoms with E-state index in [0.29, 0.717) is 29.8 Å². The van der Waals surface area contributed by atoms with E-state index in [4.69, 9.17) is 11.6 Å². The molecule has 0 spiro atoms. The molecule has 2 aliphatic rings. The molecule has 0 saturated carbocycles. The third-order valence-corrected chi connectivity index (χ3v) is 5.85. The van der Waals surface area contributed by atoms with E-state index in [-0.39, 0.29) is 10.9 Å². The Morgan fingerprint density at radius 2 is 2.12 bits per heavy atom. The second-order valence-electron chi connectivity index (χ2n) is 8.03. The Hall–Kier alpha value is -3.20. The Kier molecular flexibility index (Phi) is 6.84. The quantitative estimate of drug-likeness (QED) is 0.753. The predicted octanol–water partition coefficient (Wildman–Crippen LogP) is 4.10. The van der Waals surface area contributed by atoms with Crippen LogP contribution in [-0.4, -0.2) is 57.9 Å². The number of aliphatic imine (C=N–C) groups is 1. The van der Waals surface area contributed by atoms with Crippen molar-refractivity contribution in [2.45, 2.75) is 26.7 Å². The van der Waals surface area contributed by atoms with Crippen molar-refractivity contribution < 1.29 is 4.79 Å². The molecule has 1 amide bonds. The van der Waals surface area contributed by atoms with Gasteiger partial charge in [0.25, 0.3) is 5.91 Å². The van der Waals surface area contributed by atoms with Crippen LogP contribution < -0.4 is 5.32 Å². The number of azo groups is 1. The van der Waals surface area contributed by atoms with Crippen LogP contribution in [0.3, 0.4) is 0 Å². The molecule has 4 rings (SSSR count). The third-order valence-electron chi connectivity index (χ3n) is 5.55. The molecule has 2 aliphatic heterocycles. The first kappa shape index (κ1) is 22.0. The van der Waals surface area contributed by atoms with Crippen molar-refractivity contribution in [1.82, 2.24) is 19.9 Å². The summed E-state index contributed by atoms with van der Waals surface area (Å²) in [5.41, 5.74) is 3.45. The van der Waals surface area contributed by atoms with Crippen molar-refractivity contribution in [2.24, 2.45) is 21.1 Å². The highest BCUT2D eigenvalue weighted by atomic mass is 35.5. The smallest absolute Gasteiger partial charge is 0.258 e. The number of aromatic nitrogens is 3. The van der Waals surface area contributed by atoms with E-state index in [2.05, 4.69) is 54.2 Å². The summed E-state index contributed by atoms with van der Waals surface area (Å²) in [6.07, 6.45) is 8.07. The molecular formula is C22H25ClN8O. The first-order valence-corrected chi connectivity index (χ1v) is 11.0. The van der Waals surface area contributed by atoms with E-state index in [1.807, 2.05) is 0 Å². The number of hydrogen-bond acceptors (Lipinski definition) is 8. The largest absolute Gasteiger partial charge is 0.335 e. The van der Waals surface area contributed by atoms with Crippen LogP contribution in [0.4, 0.5) is 5.82 Å². The molecule has 0 bridgehead atoms. The fraction of sp³-hybridized carbons (Fsp3) is 0.409. The maximum Gasteiger partial charge on any atom is 0.258 e. The highest BCUT2D eigenvalue weighted by molar-refractivity contribution is 6.34. The van der Waals surface area contributed by atoms with Crippen molar-refractivity contribution in [3.63, 3.8) is 0 Å². The summed E-state index contributed by atoms with van der Waals surface area (Å²) in [6.45, 7) is 7.28. The lowest BCUT2D eigenvalue weighted by Gasteiger charge is -2.30. The molecule has 1 N–H and O–H groups in total. The van der Waals surface area contributed by atoms with Crippen molar-refractivity contribution in [2.75, 3.05) is 31.5 Å². The molecule has 0 radical (unpaired) electrons. The lowest BCUT2D eigenvalue weighted by molar-refractivity contribution is 0.102. The number of hydrogen-bond donors (Lipinski definition) is 1. The molecule has 2 aromatic heterocycles. The van der Waals surface area contributed by atoms with Gasteiger partial charge in [-0.1, -0.05) is 24.1 Å². The van der Waals surface area contributed by atoms with Crippen molar-refractivity contribution >= 4 is 34.9 Å². The first-order chi connectivity index (χ1) is 15.5. The van der Waals surface area contributed by atoms with Crippen LogP contribution in [0.2, 0.25) is 5.02 Å².